The van der Waals surface area contributed by atoms with Crippen molar-refractivity contribution in [3.05, 3.63) is 0 Å². The summed E-state index contributed by atoms with van der Waals surface area (Å²) in [6.45, 7) is 0. The van der Waals surface area contributed by atoms with Crippen molar-refractivity contribution in [1.82, 2.24) is 0 Å². The molecule has 0 aliphatic rings. The Balaban J connectivity index is -0.0000000450. The zero-order valence-corrected chi connectivity index (χ0v) is 10.4. The van der Waals surface area contributed by atoms with Crippen LogP contribution < -0.4 is 68.9 Å². The van der Waals surface area contributed by atoms with Crippen LogP contribution >= 0.6 is 0 Å². The molecular formula is H2CsO3V. The molecule has 1 N–H and O–H groups in total. The molecule has 0 rings (SSSR count). The normalized spacial score (nSPS) is 5.00. The molecule has 0 saturated heterocycles. The second-order valence-corrected chi connectivity index (χ2v) is 0.981. The fraction of sp³-hybridized carbons (Fsp3) is 0. The number of hydrogen-bond acceptors (Lipinski definition) is 2. The predicted molar refractivity (Wildman–Crippen MR) is 4.70 cm³/mol. The van der Waals surface area contributed by atoms with E-state index in [1.54, 1.807) is 0 Å². The fourth-order valence-corrected chi connectivity index (χ4v) is 0. The van der Waals surface area contributed by atoms with Crippen molar-refractivity contribution in [3.8, 4) is 0 Å². The van der Waals surface area contributed by atoms with Gasteiger partial charge in [-0.05, 0) is 0 Å². The van der Waals surface area contributed by atoms with Crippen molar-refractivity contribution in [3.63, 3.8) is 0 Å². The molecule has 0 aromatic heterocycles. The van der Waals surface area contributed by atoms with Crippen LogP contribution in [0.25, 0.3) is 0 Å². The minimum atomic E-state index is -3.69. The Kier molecular flexibility index (Phi) is 12.7. The summed E-state index contributed by atoms with van der Waals surface area (Å²) in [5, 5.41) is 0. The fourth-order valence-electron chi connectivity index (χ4n) is 0. The molecule has 0 unspecified atom stereocenters. The van der Waals surface area contributed by atoms with Crippen LogP contribution in [-0.4, -0.2) is 4.03 Å². The van der Waals surface area contributed by atoms with E-state index < -0.39 is 15.4 Å². The molecule has 5 heteroatoms. The molecule has 0 fully saturated rings. The third kappa shape index (κ3) is 22.6. The van der Waals surface area contributed by atoms with Gasteiger partial charge in [-0.2, -0.15) is 0 Å². The van der Waals surface area contributed by atoms with Crippen LogP contribution in [0.1, 0.15) is 1.43 Å². The summed E-state index contributed by atoms with van der Waals surface area (Å²) in [6, 6.07) is 0. The predicted octanol–water partition coefficient (Wildman–Crippen LogP) is -3.68. The van der Waals surface area contributed by atoms with Crippen molar-refractivity contribution >= 4 is 0 Å². The Morgan fingerprint density at radius 1 is 1.60 bits per heavy atom. The molecule has 5 heavy (non-hydrogen) atoms. The van der Waals surface area contributed by atoms with Gasteiger partial charge in [0.1, 0.15) is 0 Å². The molecule has 0 aliphatic heterocycles. The van der Waals surface area contributed by atoms with E-state index in [1.807, 2.05) is 0 Å². The summed E-state index contributed by atoms with van der Waals surface area (Å²) in [5.74, 6) is 0. The molecule has 0 aromatic rings. The van der Waals surface area contributed by atoms with Gasteiger partial charge in [-0.1, -0.05) is 0 Å². The van der Waals surface area contributed by atoms with E-state index >= 15 is 0 Å². The monoisotopic (exact) mass is 234 g/mol. The van der Waals surface area contributed by atoms with E-state index in [4.69, 9.17) is 11.4 Å². The van der Waals surface area contributed by atoms with E-state index in [0.717, 1.165) is 0 Å². The molecule has 0 aliphatic carbocycles. The van der Waals surface area contributed by atoms with E-state index in [1.165, 1.54) is 0 Å². The van der Waals surface area contributed by atoms with E-state index in [9.17, 15) is 0 Å². The molecule has 0 saturated carbocycles. The molecule has 0 bridgehead atoms. The van der Waals surface area contributed by atoms with E-state index in [2.05, 4.69) is 0 Å². The molecule has 0 heterocycles. The topological polar surface area (TPSA) is 54.4 Å². The summed E-state index contributed by atoms with van der Waals surface area (Å²) in [4.78, 5) is 0. The van der Waals surface area contributed by atoms with Gasteiger partial charge in [-0.25, -0.2) is 0 Å². The van der Waals surface area contributed by atoms with Crippen LogP contribution in [0.3, 0.4) is 0 Å². The van der Waals surface area contributed by atoms with Crippen molar-refractivity contribution < 1.29 is 97.1 Å². The first-order chi connectivity index (χ1) is 1.73. The van der Waals surface area contributed by atoms with Crippen LogP contribution in [-0.2, 0) is 22.7 Å². The summed E-state index contributed by atoms with van der Waals surface area (Å²) >= 11 is -3.69. The molecule has 0 radical (unpaired) electrons. The van der Waals surface area contributed by atoms with Crippen molar-refractivity contribution in [2.75, 3.05) is 0 Å². The molecule has 0 atom stereocenters. The van der Waals surface area contributed by atoms with Crippen LogP contribution in [0.15, 0.2) is 0 Å². The first-order valence-corrected chi connectivity index (χ1v) is 2.33. The first-order valence-electron chi connectivity index (χ1n) is 0.565. The Labute approximate surface area is 94.4 Å². The van der Waals surface area contributed by atoms with Gasteiger partial charge in [0, 0.05) is 0 Å². The van der Waals surface area contributed by atoms with Gasteiger partial charge in [-0.15, -0.1) is 0 Å². The minimum absolute atomic E-state index is 0. The van der Waals surface area contributed by atoms with Crippen LogP contribution in [0.2, 0.25) is 0 Å². The SMILES string of the molecule is [Cs+].[H-].[O]=[V](=[O])[OH]. The van der Waals surface area contributed by atoms with Gasteiger partial charge in [0.05, 0.1) is 0 Å². The van der Waals surface area contributed by atoms with Crippen LogP contribution in [0.5, 0.6) is 0 Å². The van der Waals surface area contributed by atoms with Gasteiger partial charge in [0.15, 0.2) is 0 Å². The van der Waals surface area contributed by atoms with Crippen molar-refractivity contribution in [2.24, 2.45) is 0 Å². The van der Waals surface area contributed by atoms with Crippen molar-refractivity contribution in [1.29, 1.82) is 0 Å². The molecule has 0 amide bonds. The average molecular weight is 234 g/mol. The quantitative estimate of drug-likeness (QED) is 0.469. The van der Waals surface area contributed by atoms with Crippen molar-refractivity contribution in [2.45, 2.75) is 0 Å². The standard InChI is InChI=1S/Cs.H2O.2O.V.H/h;1H2;;;;/q+1;;;;+1;-1/p-1. The van der Waals surface area contributed by atoms with Crippen LogP contribution in [0, 0.1) is 0 Å². The van der Waals surface area contributed by atoms with E-state index in [-0.39, 0.29) is 70.3 Å². The van der Waals surface area contributed by atoms with Gasteiger partial charge in [0.25, 0.3) is 0 Å². The number of hydrogen-bond donors (Lipinski definition) is 1. The third-order valence-electron chi connectivity index (χ3n) is 0. The Morgan fingerprint density at radius 3 is 1.60 bits per heavy atom. The van der Waals surface area contributed by atoms with Gasteiger partial charge >= 0.3 is 95.7 Å². The molecule has 3 nitrogen and oxygen atoms in total. The second-order valence-electron chi connectivity index (χ2n) is 0.238. The molecule has 0 spiro atoms. The third-order valence-corrected chi connectivity index (χ3v) is 0. The Morgan fingerprint density at radius 2 is 1.60 bits per heavy atom. The summed E-state index contributed by atoms with van der Waals surface area (Å²) < 4.78 is 24.4. The number of rotatable bonds is 0. The maximum absolute atomic E-state index is 8.67. The zero-order valence-electron chi connectivity index (χ0n) is 3.71. The van der Waals surface area contributed by atoms with E-state index in [0.29, 0.717) is 0 Å². The average Bonchev–Trinajstić information content (AvgIpc) is 0.811. The summed E-state index contributed by atoms with van der Waals surface area (Å²) in [6.07, 6.45) is 0. The van der Waals surface area contributed by atoms with Gasteiger partial charge in [0.2, 0.25) is 0 Å². The zero-order chi connectivity index (χ0) is 3.58. The Bertz CT molecular complexity index is 59.2. The molecular weight excluding hydrogens is 232 g/mol. The second kappa shape index (κ2) is 6.20. The Hall–Kier alpha value is 2.20. The van der Waals surface area contributed by atoms with Gasteiger partial charge < -0.3 is 1.43 Å². The molecule has 26 valence electrons. The van der Waals surface area contributed by atoms with Gasteiger partial charge in [-0.3, -0.25) is 0 Å². The first kappa shape index (κ1) is 10.2. The summed E-state index contributed by atoms with van der Waals surface area (Å²) in [5.41, 5.74) is 0. The maximum atomic E-state index is 8.67. The molecule has 0 aromatic carbocycles. The summed E-state index contributed by atoms with van der Waals surface area (Å²) in [7, 11) is 0. The van der Waals surface area contributed by atoms with Crippen LogP contribution in [0.4, 0.5) is 0 Å².